The van der Waals surface area contributed by atoms with Gasteiger partial charge in [0.2, 0.25) is 11.9 Å². The van der Waals surface area contributed by atoms with Crippen LogP contribution in [0.2, 0.25) is 0 Å². The van der Waals surface area contributed by atoms with E-state index >= 15 is 0 Å². The van der Waals surface area contributed by atoms with Crippen LogP contribution in [-0.2, 0) is 9.53 Å². The van der Waals surface area contributed by atoms with Crippen LogP contribution in [-0.4, -0.2) is 59.7 Å². The molecule has 2 saturated heterocycles. The highest BCUT2D eigenvalue weighted by molar-refractivity contribution is 5.78. The molecule has 0 spiro atoms. The molecule has 3 heterocycles. The van der Waals surface area contributed by atoms with Crippen LogP contribution in [0.4, 0.5) is 5.95 Å². The molecule has 102 valence electrons. The van der Waals surface area contributed by atoms with Crippen molar-refractivity contribution in [3.63, 3.8) is 0 Å². The van der Waals surface area contributed by atoms with Crippen molar-refractivity contribution < 1.29 is 9.53 Å². The van der Waals surface area contributed by atoms with Crippen LogP contribution in [0.1, 0.15) is 12.8 Å². The first-order valence-electron chi connectivity index (χ1n) is 6.63. The highest BCUT2D eigenvalue weighted by Crippen LogP contribution is 2.33. The molecule has 0 aromatic carbocycles. The second kappa shape index (κ2) is 5.13. The minimum absolute atomic E-state index is 0.0887. The highest BCUT2D eigenvalue weighted by Gasteiger charge is 2.44. The Morgan fingerprint density at radius 2 is 2.05 bits per heavy atom. The van der Waals surface area contributed by atoms with Crippen molar-refractivity contribution in [2.45, 2.75) is 24.9 Å². The number of nitrogens with zero attached hydrogens (tertiary/aromatic N) is 4. The van der Waals surface area contributed by atoms with Crippen molar-refractivity contribution in [2.24, 2.45) is 0 Å². The average Bonchev–Trinajstić information content (AvgIpc) is 3.00. The van der Waals surface area contributed by atoms with E-state index in [9.17, 15) is 4.79 Å². The lowest BCUT2D eigenvalue weighted by atomic mass is 10.1. The molecule has 3 rings (SSSR count). The molecule has 0 bridgehead atoms. The number of hydrogen-bond acceptors (Lipinski definition) is 5. The minimum atomic E-state index is 0.0887. The predicted molar refractivity (Wildman–Crippen MR) is 69.8 cm³/mol. The molecule has 2 fully saturated rings. The molecule has 0 aliphatic carbocycles. The summed E-state index contributed by atoms with van der Waals surface area (Å²) in [5.74, 6) is 0.863. The van der Waals surface area contributed by atoms with Crippen LogP contribution in [0, 0.1) is 0 Å². The van der Waals surface area contributed by atoms with Gasteiger partial charge in [0, 0.05) is 32.6 Å². The zero-order chi connectivity index (χ0) is 13.2. The summed E-state index contributed by atoms with van der Waals surface area (Å²) in [6.07, 6.45) is 5.49. The molecule has 2 atom stereocenters. The molecule has 2 aliphatic rings. The first kappa shape index (κ1) is 12.3. The summed E-state index contributed by atoms with van der Waals surface area (Å²) in [5, 5.41) is 0. The van der Waals surface area contributed by atoms with Crippen molar-refractivity contribution in [2.75, 3.05) is 31.7 Å². The van der Waals surface area contributed by atoms with Gasteiger partial charge in [-0.25, -0.2) is 9.97 Å². The minimum Gasteiger partial charge on any atom is -0.375 e. The van der Waals surface area contributed by atoms with Crippen LogP contribution in [0.3, 0.4) is 0 Å². The maximum Gasteiger partial charge on any atom is 0.248 e. The van der Waals surface area contributed by atoms with Gasteiger partial charge in [-0.05, 0) is 18.9 Å². The summed E-state index contributed by atoms with van der Waals surface area (Å²) in [5.41, 5.74) is 0. The van der Waals surface area contributed by atoms with Gasteiger partial charge in [-0.15, -0.1) is 0 Å². The van der Waals surface area contributed by atoms with Crippen molar-refractivity contribution >= 4 is 11.9 Å². The number of ether oxygens (including phenoxy) is 1. The molecule has 0 radical (unpaired) electrons. The van der Waals surface area contributed by atoms with Gasteiger partial charge in [0.1, 0.15) is 6.61 Å². The summed E-state index contributed by atoms with van der Waals surface area (Å²) >= 11 is 0. The molecule has 1 aromatic heterocycles. The van der Waals surface area contributed by atoms with Gasteiger partial charge in [-0.2, -0.15) is 0 Å². The number of carbonyl (C=O) groups excluding carboxylic acids is 1. The fourth-order valence-corrected chi connectivity index (χ4v) is 3.19. The summed E-state index contributed by atoms with van der Waals surface area (Å²) in [4.78, 5) is 24.8. The van der Waals surface area contributed by atoms with E-state index in [0.29, 0.717) is 6.04 Å². The van der Waals surface area contributed by atoms with Crippen LogP contribution in [0.5, 0.6) is 0 Å². The number of hydrogen-bond donors (Lipinski definition) is 0. The normalized spacial score (nSPS) is 25.7. The Balaban J connectivity index is 1.74. The highest BCUT2D eigenvalue weighted by atomic mass is 16.5. The zero-order valence-electron chi connectivity index (χ0n) is 11.0. The molecule has 1 amide bonds. The van der Waals surface area contributed by atoms with Crippen LogP contribution >= 0.6 is 0 Å². The summed E-state index contributed by atoms with van der Waals surface area (Å²) in [6.45, 7) is 1.89. The lowest BCUT2D eigenvalue weighted by molar-refractivity contribution is -0.135. The molecule has 0 N–H and O–H groups in total. The van der Waals surface area contributed by atoms with Gasteiger partial charge in [0.25, 0.3) is 0 Å². The number of fused-ring (bicyclic) bond motifs is 1. The Kier molecular flexibility index (Phi) is 3.33. The molecule has 0 saturated carbocycles. The van der Waals surface area contributed by atoms with Gasteiger partial charge >= 0.3 is 0 Å². The van der Waals surface area contributed by atoms with Gasteiger partial charge in [0.05, 0.1) is 12.1 Å². The van der Waals surface area contributed by atoms with Crippen LogP contribution < -0.4 is 4.90 Å². The van der Waals surface area contributed by atoms with Crippen molar-refractivity contribution in [3.05, 3.63) is 18.5 Å². The largest absolute Gasteiger partial charge is 0.375 e. The van der Waals surface area contributed by atoms with E-state index in [1.165, 1.54) is 0 Å². The Morgan fingerprint density at radius 3 is 2.79 bits per heavy atom. The standard InChI is InChI=1S/C13H18N4O2/c1-19-9-12(18)16-7-3-11-10(16)4-8-17(11)13-14-5-2-6-15-13/h2,5-6,10-11H,3-4,7-9H2,1H3/t10-,11+/m1/s1. The van der Waals surface area contributed by atoms with E-state index in [2.05, 4.69) is 14.9 Å². The number of rotatable bonds is 3. The quantitative estimate of drug-likeness (QED) is 0.784. The zero-order valence-corrected chi connectivity index (χ0v) is 11.0. The number of amides is 1. The topological polar surface area (TPSA) is 58.6 Å². The lowest BCUT2D eigenvalue weighted by Crippen LogP contribution is -2.41. The lowest BCUT2D eigenvalue weighted by Gasteiger charge is -2.25. The Morgan fingerprint density at radius 1 is 1.32 bits per heavy atom. The molecule has 2 aliphatic heterocycles. The van der Waals surface area contributed by atoms with Gasteiger partial charge in [-0.1, -0.05) is 0 Å². The molecule has 19 heavy (non-hydrogen) atoms. The SMILES string of the molecule is COCC(=O)N1CC[C@H]2[C@H]1CCN2c1ncccn1. The number of aromatic nitrogens is 2. The number of anilines is 1. The van der Waals surface area contributed by atoms with E-state index in [-0.39, 0.29) is 18.6 Å². The summed E-state index contributed by atoms with van der Waals surface area (Å²) < 4.78 is 4.95. The number of likely N-dealkylation sites (tertiary alicyclic amines) is 1. The Labute approximate surface area is 112 Å². The van der Waals surface area contributed by atoms with Gasteiger partial charge < -0.3 is 14.5 Å². The van der Waals surface area contributed by atoms with Crippen molar-refractivity contribution in [1.82, 2.24) is 14.9 Å². The molecule has 6 heteroatoms. The smallest absolute Gasteiger partial charge is 0.248 e. The predicted octanol–water partition coefficient (Wildman–Crippen LogP) is 0.303. The van der Waals surface area contributed by atoms with Crippen LogP contribution in [0.25, 0.3) is 0 Å². The number of carbonyl (C=O) groups is 1. The molecular weight excluding hydrogens is 244 g/mol. The van der Waals surface area contributed by atoms with E-state index in [0.717, 1.165) is 31.9 Å². The van der Waals surface area contributed by atoms with E-state index in [4.69, 9.17) is 4.74 Å². The van der Waals surface area contributed by atoms with Crippen LogP contribution in [0.15, 0.2) is 18.5 Å². The van der Waals surface area contributed by atoms with Gasteiger partial charge in [-0.3, -0.25) is 4.79 Å². The molecule has 1 aromatic rings. The third-order valence-corrected chi connectivity index (χ3v) is 3.97. The third-order valence-electron chi connectivity index (χ3n) is 3.97. The fraction of sp³-hybridized carbons (Fsp3) is 0.615. The average molecular weight is 262 g/mol. The van der Waals surface area contributed by atoms with Crippen molar-refractivity contribution in [1.29, 1.82) is 0 Å². The Hall–Kier alpha value is -1.69. The fourth-order valence-electron chi connectivity index (χ4n) is 3.19. The first-order valence-corrected chi connectivity index (χ1v) is 6.63. The van der Waals surface area contributed by atoms with E-state index < -0.39 is 0 Å². The monoisotopic (exact) mass is 262 g/mol. The second-order valence-electron chi connectivity index (χ2n) is 4.97. The van der Waals surface area contributed by atoms with E-state index in [1.807, 2.05) is 11.0 Å². The summed E-state index contributed by atoms with van der Waals surface area (Å²) in [6, 6.07) is 2.45. The molecule has 0 unspecified atom stereocenters. The summed E-state index contributed by atoms with van der Waals surface area (Å²) in [7, 11) is 1.56. The molecule has 6 nitrogen and oxygen atoms in total. The van der Waals surface area contributed by atoms with Crippen molar-refractivity contribution in [3.8, 4) is 0 Å². The first-order chi connectivity index (χ1) is 9.31. The molecular formula is C13H18N4O2. The second-order valence-corrected chi connectivity index (χ2v) is 4.97. The maximum absolute atomic E-state index is 12.0. The van der Waals surface area contributed by atoms with Gasteiger partial charge in [0.15, 0.2) is 0 Å². The Bertz CT molecular complexity index is 453. The maximum atomic E-state index is 12.0. The number of methoxy groups -OCH3 is 1. The van der Waals surface area contributed by atoms with E-state index in [1.54, 1.807) is 19.5 Å². The third kappa shape index (κ3) is 2.16.